The molecule has 0 aliphatic heterocycles. The Bertz CT molecular complexity index is 1500. The maximum absolute atomic E-state index is 13.8. The van der Waals surface area contributed by atoms with Gasteiger partial charge in [-0.1, -0.05) is 53.5 Å². The third kappa shape index (κ3) is 8.15. The largest absolute Gasteiger partial charge is 0.417 e. The van der Waals surface area contributed by atoms with Crippen LogP contribution in [0.15, 0.2) is 77.7 Å². The van der Waals surface area contributed by atoms with E-state index < -0.39 is 56.9 Å². The van der Waals surface area contributed by atoms with Crippen LogP contribution in [0.4, 0.5) is 18.9 Å². The second-order valence-corrected chi connectivity index (χ2v) is 12.2. The van der Waals surface area contributed by atoms with E-state index in [0.717, 1.165) is 17.0 Å². The van der Waals surface area contributed by atoms with Crippen LogP contribution in [0.5, 0.6) is 0 Å². The topological polar surface area (TPSA) is 86.8 Å². The van der Waals surface area contributed by atoms with E-state index in [1.165, 1.54) is 31.2 Å². The number of alkyl halides is 3. The minimum Gasteiger partial charge on any atom is -0.352 e. The lowest BCUT2D eigenvalue weighted by Crippen LogP contribution is -2.52. The summed E-state index contributed by atoms with van der Waals surface area (Å²) in [4.78, 5) is 27.7. The molecule has 1 unspecified atom stereocenters. The molecule has 3 aromatic rings. The summed E-state index contributed by atoms with van der Waals surface area (Å²) < 4.78 is 69.1. The molecule has 0 fully saturated rings. The van der Waals surface area contributed by atoms with Gasteiger partial charge >= 0.3 is 6.18 Å². The molecule has 0 aliphatic rings. The molecule has 0 radical (unpaired) electrons. The third-order valence-corrected chi connectivity index (χ3v) is 8.35. The average Bonchev–Trinajstić information content (AvgIpc) is 2.89. The van der Waals surface area contributed by atoms with Crippen LogP contribution in [0.2, 0.25) is 10.0 Å². The summed E-state index contributed by atoms with van der Waals surface area (Å²) in [6.07, 6.45) is -4.89. The number of anilines is 1. The second-order valence-electron chi connectivity index (χ2n) is 9.48. The molecule has 0 heterocycles. The molecule has 3 rings (SSSR count). The van der Waals surface area contributed by atoms with Crippen LogP contribution < -0.4 is 9.62 Å². The van der Waals surface area contributed by atoms with E-state index >= 15 is 0 Å². The number of nitrogens with zero attached hydrogens (tertiary/aromatic N) is 2. The van der Waals surface area contributed by atoms with Gasteiger partial charge in [-0.05, 0) is 68.8 Å². The SMILES string of the molecule is CC(C)NC(=O)C(C)N(Cc1cccc(Cl)c1)C(=O)CN(c1ccc(Cl)c(C(F)(F)F)c1)S(=O)(=O)c1ccccc1. The lowest BCUT2D eigenvalue weighted by atomic mass is 10.1. The zero-order chi connectivity index (χ0) is 30.5. The number of carbonyl (C=O) groups is 2. The number of amides is 2. The highest BCUT2D eigenvalue weighted by Gasteiger charge is 2.37. The van der Waals surface area contributed by atoms with E-state index in [0.29, 0.717) is 21.0 Å². The Hall–Kier alpha value is -3.28. The van der Waals surface area contributed by atoms with Gasteiger partial charge in [0.2, 0.25) is 11.8 Å². The number of sulfonamides is 1. The normalized spacial score (nSPS) is 12.6. The van der Waals surface area contributed by atoms with E-state index in [4.69, 9.17) is 23.2 Å². The van der Waals surface area contributed by atoms with Crippen molar-refractivity contribution in [2.24, 2.45) is 0 Å². The first-order valence-electron chi connectivity index (χ1n) is 12.4. The lowest BCUT2D eigenvalue weighted by Gasteiger charge is -2.32. The fourth-order valence-electron chi connectivity index (χ4n) is 3.95. The van der Waals surface area contributed by atoms with E-state index in [1.807, 2.05) is 0 Å². The van der Waals surface area contributed by atoms with Crippen LogP contribution in [0.25, 0.3) is 0 Å². The van der Waals surface area contributed by atoms with Gasteiger partial charge in [0, 0.05) is 17.6 Å². The molecule has 0 spiro atoms. The fraction of sp³-hybridized carbons (Fsp3) is 0.286. The van der Waals surface area contributed by atoms with Crippen LogP contribution in [-0.2, 0) is 32.3 Å². The van der Waals surface area contributed by atoms with Crippen molar-refractivity contribution < 1.29 is 31.2 Å². The number of nitrogens with one attached hydrogen (secondary N) is 1. The summed E-state index contributed by atoms with van der Waals surface area (Å²) in [7, 11) is -4.55. The van der Waals surface area contributed by atoms with Crippen LogP contribution in [0.3, 0.4) is 0 Å². The Balaban J connectivity index is 2.11. The van der Waals surface area contributed by atoms with E-state index in [9.17, 15) is 31.2 Å². The molecule has 0 saturated carbocycles. The molecule has 3 aromatic carbocycles. The van der Waals surface area contributed by atoms with Crippen molar-refractivity contribution in [1.82, 2.24) is 10.2 Å². The standard InChI is InChI=1S/C28H28Cl2F3N3O4S/c1-18(2)34-27(38)19(3)35(16-20-8-7-9-21(29)14-20)26(37)17-36(41(39,40)23-10-5-4-6-11-23)22-12-13-25(30)24(15-22)28(31,32)33/h4-15,18-19H,16-17H2,1-3H3,(H,34,38). The highest BCUT2D eigenvalue weighted by atomic mass is 35.5. The Labute approximate surface area is 246 Å². The molecule has 1 atom stereocenters. The molecule has 13 heteroatoms. The molecule has 7 nitrogen and oxygen atoms in total. The Kier molecular flexibility index (Phi) is 10.3. The van der Waals surface area contributed by atoms with Gasteiger partial charge in [0.05, 0.1) is 21.2 Å². The lowest BCUT2D eigenvalue weighted by molar-refractivity contribution is -0.139. The van der Waals surface area contributed by atoms with Gasteiger partial charge in [0.1, 0.15) is 12.6 Å². The smallest absolute Gasteiger partial charge is 0.352 e. The highest BCUT2D eigenvalue weighted by Crippen LogP contribution is 2.38. The quantitative estimate of drug-likeness (QED) is 0.291. The van der Waals surface area contributed by atoms with Gasteiger partial charge < -0.3 is 10.2 Å². The molecular weight excluding hydrogens is 602 g/mol. The predicted octanol–water partition coefficient (Wildman–Crippen LogP) is 6.15. The zero-order valence-corrected chi connectivity index (χ0v) is 24.7. The molecule has 0 bridgehead atoms. The Morgan fingerprint density at radius 3 is 2.17 bits per heavy atom. The summed E-state index contributed by atoms with van der Waals surface area (Å²) >= 11 is 11.9. The first-order chi connectivity index (χ1) is 19.1. The van der Waals surface area contributed by atoms with Crippen LogP contribution >= 0.6 is 23.2 Å². The van der Waals surface area contributed by atoms with E-state index in [1.54, 1.807) is 44.2 Å². The van der Waals surface area contributed by atoms with Gasteiger partial charge in [0.25, 0.3) is 10.0 Å². The molecular formula is C28H28Cl2F3N3O4S. The predicted molar refractivity (Wildman–Crippen MR) is 152 cm³/mol. The minimum atomic E-state index is -4.89. The van der Waals surface area contributed by atoms with Gasteiger partial charge in [-0.2, -0.15) is 13.2 Å². The molecule has 2 amide bonds. The molecule has 0 aliphatic carbocycles. The maximum atomic E-state index is 13.8. The molecule has 0 saturated heterocycles. The van der Waals surface area contributed by atoms with Crippen molar-refractivity contribution in [3.63, 3.8) is 0 Å². The summed E-state index contributed by atoms with van der Waals surface area (Å²) in [5.41, 5.74) is -1.14. The molecule has 1 N–H and O–H groups in total. The fourth-order valence-corrected chi connectivity index (χ4v) is 5.82. The monoisotopic (exact) mass is 629 g/mol. The van der Waals surface area contributed by atoms with Crippen molar-refractivity contribution in [1.29, 1.82) is 0 Å². The summed E-state index contributed by atoms with van der Waals surface area (Å²) in [5, 5.41) is 2.46. The first-order valence-corrected chi connectivity index (χ1v) is 14.6. The van der Waals surface area contributed by atoms with Crippen molar-refractivity contribution >= 4 is 50.7 Å². The average molecular weight is 631 g/mol. The van der Waals surface area contributed by atoms with Crippen molar-refractivity contribution in [2.75, 3.05) is 10.8 Å². The van der Waals surface area contributed by atoms with Crippen molar-refractivity contribution in [3.05, 3.63) is 94.0 Å². The maximum Gasteiger partial charge on any atom is 0.417 e. The van der Waals surface area contributed by atoms with Gasteiger partial charge in [-0.25, -0.2) is 8.42 Å². The van der Waals surface area contributed by atoms with Gasteiger partial charge in [-0.15, -0.1) is 0 Å². The zero-order valence-electron chi connectivity index (χ0n) is 22.3. The van der Waals surface area contributed by atoms with Gasteiger partial charge in [0.15, 0.2) is 0 Å². The summed E-state index contributed by atoms with van der Waals surface area (Å²) in [6, 6.07) is 14.8. The molecule has 0 aromatic heterocycles. The van der Waals surface area contributed by atoms with E-state index in [-0.39, 0.29) is 17.5 Å². The van der Waals surface area contributed by atoms with Crippen LogP contribution in [0.1, 0.15) is 31.9 Å². The summed E-state index contributed by atoms with van der Waals surface area (Å²) in [5.74, 6) is -1.34. The number of halogens is 5. The highest BCUT2D eigenvalue weighted by molar-refractivity contribution is 7.92. The van der Waals surface area contributed by atoms with Crippen molar-refractivity contribution in [2.45, 2.75) is 50.5 Å². The molecule has 41 heavy (non-hydrogen) atoms. The van der Waals surface area contributed by atoms with E-state index in [2.05, 4.69) is 5.32 Å². The number of rotatable bonds is 10. The number of carbonyl (C=O) groups excluding carboxylic acids is 2. The second kappa shape index (κ2) is 13.1. The van der Waals surface area contributed by atoms with Crippen LogP contribution in [0, 0.1) is 0 Å². The third-order valence-electron chi connectivity index (χ3n) is 5.99. The Morgan fingerprint density at radius 2 is 1.59 bits per heavy atom. The van der Waals surface area contributed by atoms with Crippen molar-refractivity contribution in [3.8, 4) is 0 Å². The number of benzene rings is 3. The number of hydrogen-bond donors (Lipinski definition) is 1. The Morgan fingerprint density at radius 1 is 0.927 bits per heavy atom. The van der Waals surface area contributed by atoms with Gasteiger partial charge in [-0.3, -0.25) is 13.9 Å². The molecule has 220 valence electrons. The minimum absolute atomic E-state index is 0.125. The first kappa shape index (κ1) is 32.2. The number of hydrogen-bond acceptors (Lipinski definition) is 4. The van der Waals surface area contributed by atoms with Crippen LogP contribution in [-0.4, -0.2) is 43.8 Å². The summed E-state index contributed by atoms with van der Waals surface area (Å²) in [6.45, 7) is 3.91.